The molecule has 0 saturated heterocycles. The van der Waals surface area contributed by atoms with E-state index in [1.165, 1.54) is 218 Å². The van der Waals surface area contributed by atoms with Gasteiger partial charge in [-0.3, -0.25) is 9.59 Å². The van der Waals surface area contributed by atoms with Gasteiger partial charge in [0.15, 0.2) is 0 Å². The number of hydrogen-bond donors (Lipinski definition) is 3. The number of carbonyl (C=O) groups is 2. The molecule has 2 atom stereocenters. The molecule has 0 radical (unpaired) electrons. The maximum atomic E-state index is 12.5. The van der Waals surface area contributed by atoms with Crippen LogP contribution in [0, 0.1) is 0 Å². The van der Waals surface area contributed by atoms with Crippen LogP contribution >= 0.6 is 0 Å². The van der Waals surface area contributed by atoms with Gasteiger partial charge in [0, 0.05) is 12.8 Å². The lowest BCUT2D eigenvalue weighted by Crippen LogP contribution is -2.45. The average molecular weight is 983 g/mol. The van der Waals surface area contributed by atoms with Gasteiger partial charge in [0.2, 0.25) is 5.91 Å². The van der Waals surface area contributed by atoms with Crippen molar-refractivity contribution in [1.29, 1.82) is 0 Å². The third kappa shape index (κ3) is 55.1. The van der Waals surface area contributed by atoms with Crippen LogP contribution in [0.4, 0.5) is 0 Å². The molecule has 0 heterocycles. The van der Waals surface area contributed by atoms with Gasteiger partial charge in [0.05, 0.1) is 25.4 Å². The number of allylic oxidation sites excluding steroid dienone is 8. The Hall–Kier alpha value is -2.18. The molecule has 6 nitrogen and oxygen atoms in total. The largest absolute Gasteiger partial charge is 0.466 e. The molecule has 0 fully saturated rings. The maximum Gasteiger partial charge on any atom is 0.305 e. The predicted octanol–water partition coefficient (Wildman–Crippen LogP) is 19.4. The minimum Gasteiger partial charge on any atom is -0.466 e. The molecule has 0 rings (SSSR count). The summed E-state index contributed by atoms with van der Waals surface area (Å²) in [4.78, 5) is 24.5. The Morgan fingerprint density at radius 3 is 1.11 bits per heavy atom. The molecule has 0 aliphatic carbocycles. The van der Waals surface area contributed by atoms with Crippen LogP contribution in [0.5, 0.6) is 0 Å². The summed E-state index contributed by atoms with van der Waals surface area (Å²) in [5.74, 6) is -0.0521. The highest BCUT2D eigenvalue weighted by atomic mass is 16.5. The molecule has 0 aromatic rings. The van der Waals surface area contributed by atoms with Crippen molar-refractivity contribution in [2.24, 2.45) is 0 Å². The van der Waals surface area contributed by atoms with Crippen LogP contribution in [0.25, 0.3) is 0 Å². The highest BCUT2D eigenvalue weighted by Gasteiger charge is 2.20. The molecule has 1 amide bonds. The van der Waals surface area contributed by atoms with E-state index in [2.05, 4.69) is 67.8 Å². The van der Waals surface area contributed by atoms with Crippen molar-refractivity contribution in [2.75, 3.05) is 13.2 Å². The minimum atomic E-state index is -0.672. The van der Waals surface area contributed by atoms with E-state index in [9.17, 15) is 19.8 Å². The van der Waals surface area contributed by atoms with Crippen LogP contribution < -0.4 is 5.32 Å². The second-order valence-corrected chi connectivity index (χ2v) is 21.0. The normalized spacial score (nSPS) is 12.9. The lowest BCUT2D eigenvalue weighted by Gasteiger charge is -2.22. The summed E-state index contributed by atoms with van der Waals surface area (Å²) in [6.45, 7) is 4.92. The number of carbonyl (C=O) groups excluding carboxylic acids is 2. The zero-order valence-corrected chi connectivity index (χ0v) is 46.7. The minimum absolute atomic E-state index is 0.00722. The number of aliphatic hydroxyl groups excluding tert-OH is 2. The Kier molecular flexibility index (Phi) is 57.5. The van der Waals surface area contributed by atoms with E-state index < -0.39 is 12.1 Å². The molecule has 3 N–H and O–H groups in total. The van der Waals surface area contributed by atoms with Crippen molar-refractivity contribution >= 4 is 11.9 Å². The predicted molar refractivity (Wildman–Crippen MR) is 306 cm³/mol. The van der Waals surface area contributed by atoms with Crippen molar-refractivity contribution < 1.29 is 24.5 Å². The van der Waals surface area contributed by atoms with E-state index in [1.807, 2.05) is 0 Å². The number of rotatable bonds is 57. The smallest absolute Gasteiger partial charge is 0.305 e. The molecule has 0 bridgehead atoms. The Labute approximate surface area is 436 Å². The number of nitrogens with one attached hydrogen (secondary N) is 1. The monoisotopic (exact) mass is 982 g/mol. The Balaban J connectivity index is 3.46. The summed E-state index contributed by atoms with van der Waals surface area (Å²) >= 11 is 0. The number of amides is 1. The SMILES string of the molecule is CCCCC/C=C\C/C=C\CCCCCCCC(=O)OCCCCCCCCCCC/C=C\C/C=C\CCCCCCCCCC(=O)NC(CO)C(O)CCCCCCCCCCCCCCCCC. The fourth-order valence-corrected chi connectivity index (χ4v) is 9.35. The molecule has 2 unspecified atom stereocenters. The van der Waals surface area contributed by atoms with E-state index in [-0.39, 0.29) is 18.5 Å². The van der Waals surface area contributed by atoms with Crippen LogP contribution in [0.3, 0.4) is 0 Å². The zero-order chi connectivity index (χ0) is 50.7. The molecule has 0 spiro atoms. The first-order chi connectivity index (χ1) is 34.5. The quantitative estimate of drug-likeness (QED) is 0.0321. The van der Waals surface area contributed by atoms with Gasteiger partial charge in [-0.1, -0.05) is 268 Å². The first-order valence-corrected chi connectivity index (χ1v) is 30.9. The molecule has 0 aromatic heterocycles. The highest BCUT2D eigenvalue weighted by molar-refractivity contribution is 5.76. The summed E-state index contributed by atoms with van der Waals surface area (Å²) in [6, 6.07) is -0.550. The van der Waals surface area contributed by atoms with Crippen LogP contribution in [-0.2, 0) is 14.3 Å². The van der Waals surface area contributed by atoms with Gasteiger partial charge >= 0.3 is 5.97 Å². The van der Waals surface area contributed by atoms with E-state index in [0.717, 1.165) is 70.6 Å². The third-order valence-electron chi connectivity index (χ3n) is 14.1. The summed E-state index contributed by atoms with van der Waals surface area (Å²) < 4.78 is 5.47. The maximum absolute atomic E-state index is 12.5. The fraction of sp³-hybridized carbons (Fsp3) is 0.844. The Morgan fingerprint density at radius 1 is 0.400 bits per heavy atom. The first-order valence-electron chi connectivity index (χ1n) is 30.9. The summed E-state index contributed by atoms with van der Waals surface area (Å²) in [5.41, 5.74) is 0. The van der Waals surface area contributed by atoms with Gasteiger partial charge in [-0.15, -0.1) is 0 Å². The van der Waals surface area contributed by atoms with Crippen LogP contribution in [-0.4, -0.2) is 47.4 Å². The number of hydrogen-bond acceptors (Lipinski definition) is 5. The Morgan fingerprint density at radius 2 is 0.714 bits per heavy atom. The van der Waals surface area contributed by atoms with Crippen LogP contribution in [0.15, 0.2) is 48.6 Å². The fourth-order valence-electron chi connectivity index (χ4n) is 9.35. The van der Waals surface area contributed by atoms with Gasteiger partial charge in [-0.25, -0.2) is 0 Å². The molecule has 0 saturated carbocycles. The van der Waals surface area contributed by atoms with Gasteiger partial charge in [0.1, 0.15) is 0 Å². The molecular formula is C64H119NO5. The number of aliphatic hydroxyl groups is 2. The second kappa shape index (κ2) is 59.4. The van der Waals surface area contributed by atoms with Crippen molar-refractivity contribution in [3.63, 3.8) is 0 Å². The van der Waals surface area contributed by atoms with Gasteiger partial charge < -0.3 is 20.3 Å². The van der Waals surface area contributed by atoms with Crippen molar-refractivity contribution in [2.45, 2.75) is 334 Å². The lowest BCUT2D eigenvalue weighted by atomic mass is 10.0. The summed E-state index contributed by atoms with van der Waals surface area (Å²) in [7, 11) is 0. The van der Waals surface area contributed by atoms with Crippen LogP contribution in [0.1, 0.15) is 322 Å². The van der Waals surface area contributed by atoms with E-state index >= 15 is 0 Å². The third-order valence-corrected chi connectivity index (χ3v) is 14.1. The van der Waals surface area contributed by atoms with E-state index in [1.54, 1.807) is 0 Å². The van der Waals surface area contributed by atoms with E-state index in [0.29, 0.717) is 25.9 Å². The van der Waals surface area contributed by atoms with Crippen LogP contribution in [0.2, 0.25) is 0 Å². The highest BCUT2D eigenvalue weighted by Crippen LogP contribution is 2.17. The van der Waals surface area contributed by atoms with Crippen molar-refractivity contribution in [1.82, 2.24) is 5.32 Å². The first kappa shape index (κ1) is 67.8. The van der Waals surface area contributed by atoms with Gasteiger partial charge in [0.25, 0.3) is 0 Å². The van der Waals surface area contributed by atoms with Gasteiger partial charge in [-0.2, -0.15) is 0 Å². The summed E-state index contributed by atoms with van der Waals surface area (Å²) in [5, 5.41) is 23.3. The molecule has 70 heavy (non-hydrogen) atoms. The molecular weight excluding hydrogens is 863 g/mol. The number of unbranched alkanes of at least 4 members (excludes halogenated alkanes) is 38. The van der Waals surface area contributed by atoms with Crippen molar-refractivity contribution in [3.8, 4) is 0 Å². The number of ether oxygens (including phenoxy) is 1. The Bertz CT molecular complexity index is 1180. The zero-order valence-electron chi connectivity index (χ0n) is 46.7. The number of esters is 1. The molecule has 0 aliphatic rings. The topological polar surface area (TPSA) is 95.9 Å². The molecule has 410 valence electrons. The second-order valence-electron chi connectivity index (χ2n) is 21.0. The van der Waals surface area contributed by atoms with Crippen molar-refractivity contribution in [3.05, 3.63) is 48.6 Å². The lowest BCUT2D eigenvalue weighted by molar-refractivity contribution is -0.143. The molecule has 6 heteroatoms. The van der Waals surface area contributed by atoms with Gasteiger partial charge in [-0.05, 0) is 89.9 Å². The molecule has 0 aromatic carbocycles. The summed E-state index contributed by atoms with van der Waals surface area (Å²) in [6.07, 6.45) is 75.4. The molecule has 0 aliphatic heterocycles. The van der Waals surface area contributed by atoms with E-state index in [4.69, 9.17) is 4.74 Å². The average Bonchev–Trinajstić information content (AvgIpc) is 3.36. The standard InChI is InChI=1S/C64H119NO5/c1-3-5-7-9-11-13-15-17-28-32-36-40-44-48-52-56-62(67)61(60-66)65-63(68)57-53-49-45-41-37-33-30-26-24-22-20-19-21-23-25-27-31-35-39-43-47-51-55-59-70-64(69)58-54-50-46-42-38-34-29-18-16-14-12-10-8-6-4-2/h12,14,18-19,21-22,24,29,61-62,66-67H,3-11,13,15-17,20,23,25-28,30-60H2,1-2H3,(H,65,68)/b14-12-,21-19-,24-22-,29-18-.